The zero-order valence-electron chi connectivity index (χ0n) is 11.7. The molecular formula is C14H21N3O3. The van der Waals surface area contributed by atoms with Gasteiger partial charge in [0.2, 0.25) is 0 Å². The van der Waals surface area contributed by atoms with Crippen LogP contribution in [0.25, 0.3) is 0 Å². The van der Waals surface area contributed by atoms with Crippen molar-refractivity contribution in [2.45, 2.75) is 0 Å². The fourth-order valence-corrected chi connectivity index (χ4v) is 2.13. The Balaban J connectivity index is 1.89. The molecule has 20 heavy (non-hydrogen) atoms. The molecule has 1 aliphatic heterocycles. The van der Waals surface area contributed by atoms with Crippen LogP contribution < -0.4 is 11.1 Å². The third-order valence-corrected chi connectivity index (χ3v) is 3.32. The van der Waals surface area contributed by atoms with Crippen molar-refractivity contribution in [2.75, 3.05) is 57.6 Å². The molecule has 0 amide bonds. The summed E-state index contributed by atoms with van der Waals surface area (Å²) in [6.07, 6.45) is 0. The van der Waals surface area contributed by atoms with Crippen LogP contribution in [0.3, 0.4) is 0 Å². The molecule has 2 rings (SSSR count). The van der Waals surface area contributed by atoms with Crippen molar-refractivity contribution in [2.24, 2.45) is 0 Å². The van der Waals surface area contributed by atoms with E-state index in [1.807, 2.05) is 0 Å². The average Bonchev–Trinajstić information content (AvgIpc) is 2.49. The Kier molecular flexibility index (Phi) is 5.20. The Hall–Kier alpha value is -1.79. The van der Waals surface area contributed by atoms with E-state index in [-0.39, 0.29) is 5.97 Å². The number of anilines is 2. The number of nitrogens with one attached hydrogen (secondary N) is 1. The molecule has 1 saturated heterocycles. The van der Waals surface area contributed by atoms with Crippen LogP contribution in [0.1, 0.15) is 10.4 Å². The molecule has 110 valence electrons. The van der Waals surface area contributed by atoms with Crippen LogP contribution in [-0.2, 0) is 9.47 Å². The van der Waals surface area contributed by atoms with Gasteiger partial charge in [0.05, 0.1) is 37.3 Å². The van der Waals surface area contributed by atoms with E-state index in [0.717, 1.165) is 45.1 Å². The van der Waals surface area contributed by atoms with Gasteiger partial charge < -0.3 is 20.5 Å². The Labute approximate surface area is 118 Å². The van der Waals surface area contributed by atoms with E-state index in [0.29, 0.717) is 11.3 Å². The first-order chi connectivity index (χ1) is 9.70. The Morgan fingerprint density at radius 2 is 2.20 bits per heavy atom. The molecule has 3 N–H and O–H groups in total. The van der Waals surface area contributed by atoms with Crippen LogP contribution in [-0.4, -0.2) is 57.4 Å². The molecule has 0 aromatic heterocycles. The second-order valence-corrected chi connectivity index (χ2v) is 4.67. The molecule has 0 unspecified atom stereocenters. The SMILES string of the molecule is COC(=O)c1ccc(N)c(NCCN2CCOCC2)c1. The van der Waals surface area contributed by atoms with Gasteiger partial charge in [0, 0.05) is 26.2 Å². The standard InChI is InChI=1S/C14H21N3O3/c1-19-14(18)11-2-3-12(15)13(10-11)16-4-5-17-6-8-20-9-7-17/h2-3,10,16H,4-9,15H2,1H3. The maximum atomic E-state index is 11.5. The van der Waals surface area contributed by atoms with Gasteiger partial charge in [-0.15, -0.1) is 0 Å². The maximum Gasteiger partial charge on any atom is 0.337 e. The second-order valence-electron chi connectivity index (χ2n) is 4.67. The summed E-state index contributed by atoms with van der Waals surface area (Å²) in [6, 6.07) is 5.10. The number of nitrogens with zero attached hydrogens (tertiary/aromatic N) is 1. The summed E-state index contributed by atoms with van der Waals surface area (Å²) in [5.74, 6) is -0.360. The molecule has 1 heterocycles. The fraction of sp³-hybridized carbons (Fsp3) is 0.500. The number of carbonyl (C=O) groups excluding carboxylic acids is 1. The molecule has 6 nitrogen and oxygen atoms in total. The number of nitrogens with two attached hydrogens (primary N) is 1. The van der Waals surface area contributed by atoms with Gasteiger partial charge in [-0.3, -0.25) is 4.90 Å². The lowest BCUT2D eigenvalue weighted by molar-refractivity contribution is 0.0398. The smallest absolute Gasteiger partial charge is 0.337 e. The highest BCUT2D eigenvalue weighted by atomic mass is 16.5. The van der Waals surface area contributed by atoms with Crippen LogP contribution in [0.5, 0.6) is 0 Å². The molecule has 1 fully saturated rings. The van der Waals surface area contributed by atoms with Crippen molar-refractivity contribution >= 4 is 17.3 Å². The van der Waals surface area contributed by atoms with E-state index in [1.54, 1.807) is 18.2 Å². The highest BCUT2D eigenvalue weighted by Crippen LogP contribution is 2.20. The number of benzene rings is 1. The fourth-order valence-electron chi connectivity index (χ4n) is 2.13. The van der Waals surface area contributed by atoms with Crippen molar-refractivity contribution in [3.63, 3.8) is 0 Å². The number of carbonyl (C=O) groups is 1. The highest BCUT2D eigenvalue weighted by molar-refractivity contribution is 5.91. The van der Waals surface area contributed by atoms with Crippen LogP contribution in [0.4, 0.5) is 11.4 Å². The van der Waals surface area contributed by atoms with Gasteiger partial charge in [-0.1, -0.05) is 0 Å². The van der Waals surface area contributed by atoms with Crippen molar-refractivity contribution in [1.82, 2.24) is 4.90 Å². The molecule has 1 aromatic carbocycles. The van der Waals surface area contributed by atoms with Crippen molar-refractivity contribution in [1.29, 1.82) is 0 Å². The molecular weight excluding hydrogens is 258 g/mol. The average molecular weight is 279 g/mol. The van der Waals surface area contributed by atoms with Crippen molar-refractivity contribution < 1.29 is 14.3 Å². The summed E-state index contributed by atoms with van der Waals surface area (Å²) in [4.78, 5) is 13.8. The molecule has 1 aromatic rings. The predicted octanol–water partition coefficient (Wildman–Crippen LogP) is 0.800. The van der Waals surface area contributed by atoms with E-state index in [1.165, 1.54) is 7.11 Å². The van der Waals surface area contributed by atoms with Gasteiger partial charge in [0.15, 0.2) is 0 Å². The minimum absolute atomic E-state index is 0.360. The molecule has 0 bridgehead atoms. The molecule has 0 radical (unpaired) electrons. The van der Waals surface area contributed by atoms with Crippen LogP contribution >= 0.6 is 0 Å². The summed E-state index contributed by atoms with van der Waals surface area (Å²) in [7, 11) is 1.37. The monoisotopic (exact) mass is 279 g/mol. The summed E-state index contributed by atoms with van der Waals surface area (Å²) in [5.41, 5.74) is 7.79. The van der Waals surface area contributed by atoms with Crippen LogP contribution in [0.15, 0.2) is 18.2 Å². The third kappa shape index (κ3) is 3.85. The number of ether oxygens (including phenoxy) is 2. The quantitative estimate of drug-likeness (QED) is 0.613. The normalized spacial score (nSPS) is 15.8. The first-order valence-corrected chi connectivity index (χ1v) is 6.72. The maximum absolute atomic E-state index is 11.5. The lowest BCUT2D eigenvalue weighted by atomic mass is 10.1. The molecule has 0 aliphatic carbocycles. The number of hydrogen-bond acceptors (Lipinski definition) is 6. The second kappa shape index (κ2) is 7.12. The molecule has 1 aliphatic rings. The van der Waals surface area contributed by atoms with Crippen LogP contribution in [0.2, 0.25) is 0 Å². The minimum Gasteiger partial charge on any atom is -0.465 e. The summed E-state index contributed by atoms with van der Waals surface area (Å²) in [5, 5.41) is 3.26. The van der Waals surface area contributed by atoms with Gasteiger partial charge >= 0.3 is 5.97 Å². The minimum atomic E-state index is -0.360. The van der Waals surface area contributed by atoms with E-state index >= 15 is 0 Å². The first-order valence-electron chi connectivity index (χ1n) is 6.72. The largest absolute Gasteiger partial charge is 0.465 e. The first kappa shape index (κ1) is 14.6. The lowest BCUT2D eigenvalue weighted by Crippen LogP contribution is -2.39. The number of esters is 1. The molecule has 0 spiro atoms. The lowest BCUT2D eigenvalue weighted by Gasteiger charge is -2.26. The topological polar surface area (TPSA) is 76.8 Å². The number of morpholine rings is 1. The predicted molar refractivity (Wildman–Crippen MR) is 77.9 cm³/mol. The molecule has 0 atom stereocenters. The van der Waals surface area contributed by atoms with Gasteiger partial charge in [-0.25, -0.2) is 4.79 Å². The van der Waals surface area contributed by atoms with Gasteiger partial charge in [0.25, 0.3) is 0 Å². The van der Waals surface area contributed by atoms with E-state index < -0.39 is 0 Å². The van der Waals surface area contributed by atoms with Crippen molar-refractivity contribution in [3.05, 3.63) is 23.8 Å². The highest BCUT2D eigenvalue weighted by Gasteiger charge is 2.11. The van der Waals surface area contributed by atoms with Crippen LogP contribution in [0, 0.1) is 0 Å². The Morgan fingerprint density at radius 1 is 1.45 bits per heavy atom. The Morgan fingerprint density at radius 3 is 2.90 bits per heavy atom. The number of hydrogen-bond donors (Lipinski definition) is 2. The summed E-state index contributed by atoms with van der Waals surface area (Å²) in [6.45, 7) is 5.19. The zero-order chi connectivity index (χ0) is 14.4. The van der Waals surface area contributed by atoms with E-state index in [2.05, 4.69) is 10.2 Å². The molecule has 0 saturated carbocycles. The zero-order valence-corrected chi connectivity index (χ0v) is 11.7. The summed E-state index contributed by atoms with van der Waals surface area (Å²) >= 11 is 0. The van der Waals surface area contributed by atoms with Gasteiger partial charge in [-0.2, -0.15) is 0 Å². The Bertz CT molecular complexity index is 459. The molecule has 6 heteroatoms. The summed E-state index contributed by atoms with van der Waals surface area (Å²) < 4.78 is 10.0. The number of rotatable bonds is 5. The third-order valence-electron chi connectivity index (χ3n) is 3.32. The van der Waals surface area contributed by atoms with Gasteiger partial charge in [0.1, 0.15) is 0 Å². The number of nitrogen functional groups attached to an aromatic ring is 1. The van der Waals surface area contributed by atoms with Crippen molar-refractivity contribution in [3.8, 4) is 0 Å². The van der Waals surface area contributed by atoms with Gasteiger partial charge in [-0.05, 0) is 18.2 Å². The van der Waals surface area contributed by atoms with E-state index in [4.69, 9.17) is 15.2 Å². The van der Waals surface area contributed by atoms with E-state index in [9.17, 15) is 4.79 Å². The number of methoxy groups -OCH3 is 1.